The Morgan fingerprint density at radius 1 is 0.578 bits per heavy atom. The second-order valence-electron chi connectivity index (χ2n) is 11.5. The highest BCUT2D eigenvalue weighted by Crippen LogP contribution is 2.35. The van der Waals surface area contributed by atoms with E-state index in [4.69, 9.17) is 19.3 Å². The number of ether oxygens (including phenoxy) is 2. The number of allylic oxidation sites excluding steroid dienone is 8. The first-order valence-corrected chi connectivity index (χ1v) is 19.0. The van der Waals surface area contributed by atoms with Gasteiger partial charge in [0.1, 0.15) is 6.61 Å². The van der Waals surface area contributed by atoms with E-state index in [9.17, 15) is 14.2 Å². The Morgan fingerprint density at radius 2 is 1.02 bits per heavy atom. The Morgan fingerprint density at radius 3 is 1.56 bits per heavy atom. The van der Waals surface area contributed by atoms with Crippen LogP contribution in [0.4, 0.5) is 0 Å². The average Bonchev–Trinajstić information content (AvgIpc) is 3.00. The van der Waals surface area contributed by atoms with Gasteiger partial charge in [-0.2, -0.15) is 0 Å². The molecule has 0 heterocycles. The van der Waals surface area contributed by atoms with Crippen LogP contribution in [-0.2, 0) is 28.2 Å². The Kier molecular flexibility index (Phi) is 30.6. The standard InChI is InChI=1S/C36H63O8P/c1-3-5-7-9-11-13-15-16-17-18-19-20-21-23-25-27-29-31-36(38)44-34(33-43-45(39,40)41)32-42-35(37)30-28-26-24-22-14-12-10-8-6-4-2/h11,13,16-17,19-20,23,25,34H,3-10,12,14-15,18,21-22,24,26-33H2,1-2H3,(H2,39,40,41)/b13-11-,17-16-,20-19-,25-23-/t34-/m1/s1. The van der Waals surface area contributed by atoms with Crippen molar-refractivity contribution in [2.75, 3.05) is 13.2 Å². The van der Waals surface area contributed by atoms with Gasteiger partial charge in [0.15, 0.2) is 6.10 Å². The highest BCUT2D eigenvalue weighted by Gasteiger charge is 2.22. The summed E-state index contributed by atoms with van der Waals surface area (Å²) in [6.07, 6.45) is 37.0. The second kappa shape index (κ2) is 32.0. The Balaban J connectivity index is 4.12. The van der Waals surface area contributed by atoms with Gasteiger partial charge in [-0.3, -0.25) is 14.1 Å². The van der Waals surface area contributed by atoms with Crippen LogP contribution in [0.2, 0.25) is 0 Å². The molecule has 2 N–H and O–H groups in total. The molecule has 8 nitrogen and oxygen atoms in total. The molecule has 0 aliphatic heterocycles. The number of hydrogen-bond donors (Lipinski definition) is 2. The monoisotopic (exact) mass is 654 g/mol. The maximum Gasteiger partial charge on any atom is 0.469 e. The summed E-state index contributed by atoms with van der Waals surface area (Å²) < 4.78 is 26.1. The van der Waals surface area contributed by atoms with Crippen LogP contribution in [0.3, 0.4) is 0 Å². The molecule has 0 aromatic heterocycles. The van der Waals surface area contributed by atoms with E-state index in [0.29, 0.717) is 12.8 Å². The number of esters is 2. The molecule has 45 heavy (non-hydrogen) atoms. The molecule has 0 aromatic carbocycles. The van der Waals surface area contributed by atoms with Crippen molar-refractivity contribution in [2.45, 2.75) is 155 Å². The highest BCUT2D eigenvalue weighted by atomic mass is 31.2. The summed E-state index contributed by atoms with van der Waals surface area (Å²) in [5.74, 6) is -0.955. The van der Waals surface area contributed by atoms with Crippen LogP contribution in [0.15, 0.2) is 48.6 Å². The molecule has 0 unspecified atom stereocenters. The molecule has 0 aliphatic rings. The zero-order valence-electron chi connectivity index (χ0n) is 28.3. The predicted molar refractivity (Wildman–Crippen MR) is 184 cm³/mol. The van der Waals surface area contributed by atoms with Crippen molar-refractivity contribution in [3.05, 3.63) is 48.6 Å². The molecule has 0 fully saturated rings. The van der Waals surface area contributed by atoms with E-state index in [1.165, 1.54) is 70.6 Å². The summed E-state index contributed by atoms with van der Waals surface area (Å²) in [5.41, 5.74) is 0. The zero-order chi connectivity index (χ0) is 33.3. The largest absolute Gasteiger partial charge is 0.469 e. The summed E-state index contributed by atoms with van der Waals surface area (Å²) in [5, 5.41) is 0. The second-order valence-corrected chi connectivity index (χ2v) is 12.7. The van der Waals surface area contributed by atoms with E-state index in [2.05, 4.69) is 60.9 Å². The maximum atomic E-state index is 12.3. The van der Waals surface area contributed by atoms with Crippen LogP contribution in [0.5, 0.6) is 0 Å². The van der Waals surface area contributed by atoms with Crippen molar-refractivity contribution >= 4 is 19.8 Å². The average molecular weight is 655 g/mol. The number of phosphoric ester groups is 1. The summed E-state index contributed by atoms with van der Waals surface area (Å²) in [7, 11) is -4.76. The first kappa shape index (κ1) is 43.0. The molecule has 0 saturated heterocycles. The van der Waals surface area contributed by atoms with Crippen molar-refractivity contribution in [3.63, 3.8) is 0 Å². The summed E-state index contributed by atoms with van der Waals surface area (Å²) >= 11 is 0. The van der Waals surface area contributed by atoms with E-state index in [1.807, 2.05) is 6.08 Å². The number of hydrogen-bond acceptors (Lipinski definition) is 6. The highest BCUT2D eigenvalue weighted by molar-refractivity contribution is 7.46. The lowest BCUT2D eigenvalue weighted by Gasteiger charge is -2.18. The molecule has 0 spiro atoms. The smallest absolute Gasteiger partial charge is 0.462 e. The fourth-order valence-corrected chi connectivity index (χ4v) is 4.84. The molecule has 1 atom stereocenters. The van der Waals surface area contributed by atoms with Gasteiger partial charge in [0, 0.05) is 12.8 Å². The SMILES string of the molecule is CCCCC/C=C\C/C=C\C/C=C\C/C=C\CCCC(=O)O[C@H](COC(=O)CCCCCCCCCCCC)COP(=O)(O)O. The molecule has 0 saturated carbocycles. The molecule has 0 bridgehead atoms. The minimum atomic E-state index is -4.76. The number of carbonyl (C=O) groups excluding carboxylic acids is 2. The van der Waals surface area contributed by atoms with Crippen molar-refractivity contribution < 1.29 is 37.9 Å². The van der Waals surface area contributed by atoms with E-state index in [-0.39, 0.29) is 19.4 Å². The van der Waals surface area contributed by atoms with Crippen molar-refractivity contribution in [1.82, 2.24) is 0 Å². The van der Waals surface area contributed by atoms with Gasteiger partial charge in [-0.15, -0.1) is 0 Å². The lowest BCUT2D eigenvalue weighted by molar-refractivity contribution is -0.161. The van der Waals surface area contributed by atoms with Crippen LogP contribution in [-0.4, -0.2) is 41.0 Å². The van der Waals surface area contributed by atoms with E-state index in [0.717, 1.165) is 38.5 Å². The van der Waals surface area contributed by atoms with Gasteiger partial charge >= 0.3 is 19.8 Å². The minimum absolute atomic E-state index is 0.136. The van der Waals surface area contributed by atoms with Crippen LogP contribution in [0, 0.1) is 0 Å². The van der Waals surface area contributed by atoms with E-state index >= 15 is 0 Å². The van der Waals surface area contributed by atoms with Gasteiger partial charge in [-0.1, -0.05) is 133 Å². The third-order valence-corrected chi connectivity index (χ3v) is 7.59. The fraction of sp³-hybridized carbons (Fsp3) is 0.722. The number of unbranched alkanes of at least 4 members (excludes halogenated alkanes) is 13. The van der Waals surface area contributed by atoms with Gasteiger partial charge in [0.25, 0.3) is 0 Å². The molecular weight excluding hydrogens is 591 g/mol. The number of phosphoric acid groups is 1. The number of rotatable bonds is 31. The quantitative estimate of drug-likeness (QED) is 0.0328. The van der Waals surface area contributed by atoms with Gasteiger partial charge in [0.05, 0.1) is 6.61 Å². The van der Waals surface area contributed by atoms with Gasteiger partial charge < -0.3 is 19.3 Å². The fourth-order valence-electron chi connectivity index (χ4n) is 4.48. The van der Waals surface area contributed by atoms with Gasteiger partial charge in [-0.25, -0.2) is 4.57 Å². The lowest BCUT2D eigenvalue weighted by Crippen LogP contribution is -2.29. The van der Waals surface area contributed by atoms with Crippen molar-refractivity contribution in [2.24, 2.45) is 0 Å². The normalized spacial score (nSPS) is 13.1. The zero-order valence-corrected chi connectivity index (χ0v) is 29.1. The van der Waals surface area contributed by atoms with Crippen LogP contribution < -0.4 is 0 Å². The molecule has 0 aliphatic carbocycles. The van der Waals surface area contributed by atoms with Crippen molar-refractivity contribution in [1.29, 1.82) is 0 Å². The molecular formula is C36H63O8P. The predicted octanol–water partition coefficient (Wildman–Crippen LogP) is 10.0. The third-order valence-electron chi connectivity index (χ3n) is 7.10. The van der Waals surface area contributed by atoms with E-state index in [1.54, 1.807) is 0 Å². The van der Waals surface area contributed by atoms with Gasteiger partial charge in [0.2, 0.25) is 0 Å². The summed E-state index contributed by atoms with van der Waals surface area (Å²) in [6, 6.07) is 0. The summed E-state index contributed by atoms with van der Waals surface area (Å²) in [4.78, 5) is 42.5. The molecule has 0 rings (SSSR count). The topological polar surface area (TPSA) is 119 Å². The van der Waals surface area contributed by atoms with E-state index < -0.39 is 32.5 Å². The molecule has 260 valence electrons. The Hall–Kier alpha value is -1.99. The summed E-state index contributed by atoms with van der Waals surface area (Å²) in [6.45, 7) is 3.57. The minimum Gasteiger partial charge on any atom is -0.462 e. The Bertz CT molecular complexity index is 874. The van der Waals surface area contributed by atoms with Crippen LogP contribution >= 0.6 is 7.82 Å². The molecule has 0 amide bonds. The first-order valence-electron chi connectivity index (χ1n) is 17.4. The molecule has 0 aromatic rings. The van der Waals surface area contributed by atoms with Gasteiger partial charge in [-0.05, 0) is 51.4 Å². The molecule has 9 heteroatoms. The van der Waals surface area contributed by atoms with Crippen molar-refractivity contribution in [3.8, 4) is 0 Å². The molecule has 0 radical (unpaired) electrons. The lowest BCUT2D eigenvalue weighted by atomic mass is 10.1. The van der Waals surface area contributed by atoms with Crippen LogP contribution in [0.25, 0.3) is 0 Å². The maximum absolute atomic E-state index is 12.3. The third kappa shape index (κ3) is 34.7. The number of carbonyl (C=O) groups is 2. The van der Waals surface area contributed by atoms with Crippen LogP contribution in [0.1, 0.15) is 149 Å². The first-order chi connectivity index (χ1) is 21.8. The Labute approximate surface area is 274 Å².